The lowest BCUT2D eigenvalue weighted by Crippen LogP contribution is -2.44. The highest BCUT2D eigenvalue weighted by Gasteiger charge is 2.28. The Labute approximate surface area is 195 Å². The first-order valence-corrected chi connectivity index (χ1v) is 11.5. The summed E-state index contributed by atoms with van der Waals surface area (Å²) in [6.07, 6.45) is 4.62. The lowest BCUT2D eigenvalue weighted by molar-refractivity contribution is -0.144. The molecule has 5 heteroatoms. The van der Waals surface area contributed by atoms with Crippen LogP contribution < -0.4 is 0 Å². The van der Waals surface area contributed by atoms with E-state index in [2.05, 4.69) is 30.1 Å². The molecule has 4 rings (SSSR count). The number of likely N-dealkylation sites (tertiary alicyclic amines) is 1. The normalized spacial score (nSPS) is 16.5. The second kappa shape index (κ2) is 10.1. The number of piperidine rings is 1. The minimum absolute atomic E-state index is 0.0296. The molecule has 0 radical (unpaired) electrons. The smallest absolute Gasteiger partial charge is 0.320 e. The van der Waals surface area contributed by atoms with Crippen LogP contribution in [0.25, 0.3) is 11.1 Å². The van der Waals surface area contributed by atoms with E-state index in [1.54, 1.807) is 6.20 Å². The highest BCUT2D eigenvalue weighted by molar-refractivity contribution is 5.96. The van der Waals surface area contributed by atoms with Gasteiger partial charge in [0.15, 0.2) is 5.78 Å². The quantitative estimate of drug-likeness (QED) is 0.508. The minimum atomic E-state index is -0.772. The molecule has 0 saturated carbocycles. The van der Waals surface area contributed by atoms with E-state index in [-0.39, 0.29) is 12.2 Å². The average molecular weight is 443 g/mol. The highest BCUT2D eigenvalue weighted by Crippen LogP contribution is 2.27. The Kier molecular flexibility index (Phi) is 6.99. The van der Waals surface area contributed by atoms with Crippen LogP contribution in [0.1, 0.15) is 52.0 Å². The van der Waals surface area contributed by atoms with Crippen molar-refractivity contribution in [2.24, 2.45) is 0 Å². The fourth-order valence-corrected chi connectivity index (χ4v) is 4.64. The van der Waals surface area contributed by atoms with Crippen LogP contribution in [0.5, 0.6) is 0 Å². The molecular weight excluding hydrogens is 412 g/mol. The summed E-state index contributed by atoms with van der Waals surface area (Å²) in [6, 6.07) is 17.6. The second-order valence-corrected chi connectivity index (χ2v) is 8.87. The van der Waals surface area contributed by atoms with Gasteiger partial charge >= 0.3 is 5.97 Å². The van der Waals surface area contributed by atoms with E-state index in [4.69, 9.17) is 0 Å². The van der Waals surface area contributed by atoms with Crippen molar-refractivity contribution < 1.29 is 14.7 Å². The number of carboxylic acids is 1. The number of pyridine rings is 1. The van der Waals surface area contributed by atoms with Gasteiger partial charge in [-0.2, -0.15) is 0 Å². The summed E-state index contributed by atoms with van der Waals surface area (Å²) in [7, 11) is 0. The van der Waals surface area contributed by atoms with Crippen molar-refractivity contribution in [3.05, 3.63) is 88.7 Å². The van der Waals surface area contributed by atoms with Crippen molar-refractivity contribution in [3.63, 3.8) is 0 Å². The number of rotatable bonds is 7. The molecule has 0 spiro atoms. The Hall–Kier alpha value is -3.31. The summed E-state index contributed by atoms with van der Waals surface area (Å²) in [6.45, 7) is 5.30. The molecule has 0 aliphatic carbocycles. The number of benzene rings is 2. The van der Waals surface area contributed by atoms with Gasteiger partial charge in [-0.15, -0.1) is 0 Å². The molecule has 1 fully saturated rings. The lowest BCUT2D eigenvalue weighted by Gasteiger charge is -2.33. The van der Waals surface area contributed by atoms with E-state index >= 15 is 0 Å². The first-order valence-electron chi connectivity index (χ1n) is 11.5. The predicted molar refractivity (Wildman–Crippen MR) is 129 cm³/mol. The number of hydrogen-bond acceptors (Lipinski definition) is 4. The van der Waals surface area contributed by atoms with Crippen LogP contribution in [0.4, 0.5) is 0 Å². The summed E-state index contributed by atoms with van der Waals surface area (Å²) in [4.78, 5) is 31.3. The number of carbonyl (C=O) groups excluding carboxylic acids is 1. The van der Waals surface area contributed by atoms with E-state index in [1.165, 1.54) is 0 Å². The zero-order chi connectivity index (χ0) is 23.4. The minimum Gasteiger partial charge on any atom is -0.480 e. The Bertz CT molecular complexity index is 1160. The molecule has 1 saturated heterocycles. The van der Waals surface area contributed by atoms with Crippen molar-refractivity contribution in [3.8, 4) is 11.1 Å². The maximum Gasteiger partial charge on any atom is 0.320 e. The average Bonchev–Trinajstić information content (AvgIpc) is 2.82. The van der Waals surface area contributed by atoms with Crippen molar-refractivity contribution >= 4 is 11.8 Å². The second-order valence-electron chi connectivity index (χ2n) is 8.87. The largest absolute Gasteiger partial charge is 0.480 e. The number of aryl methyl sites for hydroxylation is 1. The first kappa shape index (κ1) is 22.9. The number of ketones is 1. The Morgan fingerprint density at radius 2 is 1.82 bits per heavy atom. The number of aromatic nitrogens is 1. The van der Waals surface area contributed by atoms with Gasteiger partial charge in [-0.25, -0.2) is 0 Å². The number of carbonyl (C=O) groups is 2. The maximum absolute atomic E-state index is 13.2. The van der Waals surface area contributed by atoms with Gasteiger partial charge < -0.3 is 5.11 Å². The third kappa shape index (κ3) is 5.20. The number of nitrogens with zero attached hydrogens (tertiary/aromatic N) is 2. The standard InChI is InChI=1S/C28H30N2O3/c1-19-17-29-25(15-23(19)18-30-14-7-6-13-26(30)28(32)33)27(31)16-22-11-8-12-24(20(22)2)21-9-4-3-5-10-21/h3-5,8-12,15,17,26H,6-7,13-14,16,18H2,1-2H3,(H,32,33)/t26-/m0/s1. The Balaban J connectivity index is 1.55. The molecule has 1 N–H and O–H groups in total. The number of aliphatic carboxylic acids is 1. The van der Waals surface area contributed by atoms with Crippen LogP contribution in [0.2, 0.25) is 0 Å². The number of carboxylic acid groups (broad SMARTS) is 1. The summed E-state index contributed by atoms with van der Waals surface area (Å²) >= 11 is 0. The molecule has 33 heavy (non-hydrogen) atoms. The molecule has 1 aliphatic rings. The van der Waals surface area contributed by atoms with Gasteiger partial charge in [0, 0.05) is 19.2 Å². The Morgan fingerprint density at radius 1 is 1.03 bits per heavy atom. The van der Waals surface area contributed by atoms with Crippen LogP contribution in [0.3, 0.4) is 0 Å². The van der Waals surface area contributed by atoms with E-state index in [1.807, 2.05) is 48.2 Å². The van der Waals surface area contributed by atoms with Crippen LogP contribution in [-0.2, 0) is 17.8 Å². The van der Waals surface area contributed by atoms with Crippen LogP contribution >= 0.6 is 0 Å². The summed E-state index contributed by atoms with van der Waals surface area (Å²) in [5, 5.41) is 9.59. The Morgan fingerprint density at radius 3 is 2.58 bits per heavy atom. The summed E-state index contributed by atoms with van der Waals surface area (Å²) in [5.74, 6) is -0.801. The first-order chi connectivity index (χ1) is 15.9. The SMILES string of the molecule is Cc1cnc(C(=O)Cc2cccc(-c3ccccc3)c2C)cc1CN1CCCC[C@H]1C(=O)O. The molecule has 0 unspecified atom stereocenters. The monoisotopic (exact) mass is 442 g/mol. The fraction of sp³-hybridized carbons (Fsp3) is 0.321. The summed E-state index contributed by atoms with van der Waals surface area (Å²) < 4.78 is 0. The van der Waals surface area contributed by atoms with E-state index < -0.39 is 12.0 Å². The molecule has 5 nitrogen and oxygen atoms in total. The molecule has 2 heterocycles. The van der Waals surface area contributed by atoms with Gasteiger partial charge in [-0.3, -0.25) is 19.5 Å². The van der Waals surface area contributed by atoms with Crippen molar-refractivity contribution in [1.29, 1.82) is 0 Å². The lowest BCUT2D eigenvalue weighted by atomic mass is 9.93. The molecule has 1 aliphatic heterocycles. The molecule has 3 aromatic rings. The zero-order valence-corrected chi connectivity index (χ0v) is 19.3. The van der Waals surface area contributed by atoms with Gasteiger partial charge in [0.05, 0.1) is 0 Å². The number of hydrogen-bond donors (Lipinski definition) is 1. The molecule has 1 aromatic heterocycles. The van der Waals surface area contributed by atoms with Crippen molar-refractivity contribution in [2.45, 2.75) is 52.1 Å². The topological polar surface area (TPSA) is 70.5 Å². The third-order valence-corrected chi connectivity index (χ3v) is 6.65. The highest BCUT2D eigenvalue weighted by atomic mass is 16.4. The van der Waals surface area contributed by atoms with Crippen LogP contribution in [0, 0.1) is 13.8 Å². The summed E-state index contributed by atoms with van der Waals surface area (Å²) in [5.41, 5.74) is 6.73. The third-order valence-electron chi connectivity index (χ3n) is 6.65. The maximum atomic E-state index is 13.2. The van der Waals surface area contributed by atoms with E-state index in [0.29, 0.717) is 18.7 Å². The van der Waals surface area contributed by atoms with Gasteiger partial charge in [-0.1, -0.05) is 55.0 Å². The van der Waals surface area contributed by atoms with Gasteiger partial charge in [-0.05, 0) is 72.7 Å². The molecule has 1 atom stereocenters. The van der Waals surface area contributed by atoms with E-state index in [0.717, 1.165) is 52.8 Å². The van der Waals surface area contributed by atoms with Crippen LogP contribution in [0.15, 0.2) is 60.8 Å². The molecule has 170 valence electrons. The predicted octanol–water partition coefficient (Wildman–Crippen LogP) is 5.23. The van der Waals surface area contributed by atoms with E-state index in [9.17, 15) is 14.7 Å². The van der Waals surface area contributed by atoms with Gasteiger partial charge in [0.1, 0.15) is 11.7 Å². The van der Waals surface area contributed by atoms with Gasteiger partial charge in [0.2, 0.25) is 0 Å². The molecule has 0 bridgehead atoms. The zero-order valence-electron chi connectivity index (χ0n) is 19.3. The molecule has 0 amide bonds. The van der Waals surface area contributed by atoms with Crippen molar-refractivity contribution in [1.82, 2.24) is 9.88 Å². The number of Topliss-reactive ketones (excluding diaryl/α,β-unsaturated/α-hetero) is 1. The fourth-order valence-electron chi connectivity index (χ4n) is 4.64. The van der Waals surface area contributed by atoms with Crippen molar-refractivity contribution in [2.75, 3.05) is 6.54 Å². The molecular formula is C28H30N2O3. The van der Waals surface area contributed by atoms with Crippen LogP contribution in [-0.4, -0.2) is 39.3 Å². The molecule has 2 aromatic carbocycles. The van der Waals surface area contributed by atoms with Gasteiger partial charge in [0.25, 0.3) is 0 Å².